The first-order chi connectivity index (χ1) is 9.80. The molecule has 0 fully saturated rings. The largest absolute Gasteiger partial charge is 1.00 e. The van der Waals surface area contributed by atoms with Crippen LogP contribution in [0.4, 0.5) is 0 Å². The molecule has 118 valence electrons. The fraction of sp³-hybridized carbons (Fsp3) is 0.684. The number of hydrogen-bond donors (Lipinski definition) is 0. The maximum Gasteiger partial charge on any atom is 1.00 e. The second kappa shape index (κ2) is 9.39. The van der Waals surface area contributed by atoms with Crippen LogP contribution in [0.15, 0.2) is 16.0 Å². The molecule has 0 N–H and O–H groups in total. The van der Waals surface area contributed by atoms with Gasteiger partial charge in [0.2, 0.25) is 0 Å². The van der Waals surface area contributed by atoms with Crippen molar-refractivity contribution in [1.82, 2.24) is 0 Å². The molecule has 0 aromatic heterocycles. The molecular weight excluding hydrogens is 291 g/mol. The van der Waals surface area contributed by atoms with Gasteiger partial charge in [-0.2, -0.15) is 4.82 Å². The molecule has 0 aliphatic carbocycles. The van der Waals surface area contributed by atoms with Crippen molar-refractivity contribution in [3.05, 3.63) is 21.7 Å². The zero-order chi connectivity index (χ0) is 16.1. The van der Waals surface area contributed by atoms with E-state index in [2.05, 4.69) is 64.1 Å². The summed E-state index contributed by atoms with van der Waals surface area (Å²) in [6.45, 7) is 16.7. The predicted octanol–water partition coefficient (Wildman–Crippen LogP) is 3.01. The molecule has 1 heterocycles. The smallest absolute Gasteiger partial charge is 0.273 e. The van der Waals surface area contributed by atoms with E-state index in [1.54, 1.807) is 16.0 Å². The van der Waals surface area contributed by atoms with Crippen LogP contribution in [0.25, 0.3) is 0 Å². The second-order valence-electron chi connectivity index (χ2n) is 7.26. The van der Waals surface area contributed by atoms with Gasteiger partial charge in [-0.1, -0.05) is 72.6 Å². The Labute approximate surface area is 153 Å². The van der Waals surface area contributed by atoms with Gasteiger partial charge in [0.25, 0.3) is 0 Å². The first kappa shape index (κ1) is 22.1. The number of rotatable bonds is 6. The van der Waals surface area contributed by atoms with Crippen molar-refractivity contribution in [2.24, 2.45) is 0 Å². The molecule has 0 saturated carbocycles. The molecule has 0 atom stereocenters. The van der Waals surface area contributed by atoms with Crippen molar-refractivity contribution in [3.8, 4) is 11.5 Å². The van der Waals surface area contributed by atoms with Crippen molar-refractivity contribution >= 4 is 16.1 Å². The first-order valence-electron chi connectivity index (χ1n) is 8.68. The van der Waals surface area contributed by atoms with Crippen molar-refractivity contribution < 1.29 is 18.9 Å². The van der Waals surface area contributed by atoms with E-state index in [0.29, 0.717) is 0 Å². The van der Waals surface area contributed by atoms with Crippen LogP contribution in [0.1, 0.15) is 59.3 Å². The van der Waals surface area contributed by atoms with Crippen LogP contribution in [-0.4, -0.2) is 16.1 Å². The summed E-state index contributed by atoms with van der Waals surface area (Å²) in [4.78, 5) is 1.80. The quantitative estimate of drug-likeness (QED) is 0.400. The van der Waals surface area contributed by atoms with Crippen LogP contribution in [0, 0.1) is 17.2 Å². The third-order valence-corrected chi connectivity index (χ3v) is 12.7. The molecule has 0 radical (unpaired) electrons. The normalized spacial score (nSPS) is 16.8. The van der Waals surface area contributed by atoms with Gasteiger partial charge in [0.05, 0.1) is 0 Å². The number of allylic oxidation sites excluding steroid dienone is 2. The Morgan fingerprint density at radius 2 is 1.59 bits per heavy atom. The number of hydrogen-bond acceptors (Lipinski definition) is 0. The summed E-state index contributed by atoms with van der Waals surface area (Å²) in [5.74, 6) is 3.46. The van der Waals surface area contributed by atoms with Crippen molar-refractivity contribution in [1.29, 1.82) is 0 Å². The molecule has 0 bridgehead atoms. The van der Waals surface area contributed by atoms with Gasteiger partial charge in [0, 0.05) is 6.42 Å². The molecule has 0 unspecified atom stereocenters. The van der Waals surface area contributed by atoms with E-state index in [4.69, 9.17) is 0 Å². The third-order valence-electron chi connectivity index (χ3n) is 4.16. The maximum atomic E-state index is 3.96. The molecule has 1 aliphatic rings. The van der Waals surface area contributed by atoms with E-state index in [0.717, 1.165) is 6.42 Å². The monoisotopic (exact) mass is 324 g/mol. The molecule has 0 nitrogen and oxygen atoms in total. The Balaban J connectivity index is 0.00000441. The van der Waals surface area contributed by atoms with E-state index in [1.165, 1.54) is 32.1 Å². The van der Waals surface area contributed by atoms with Gasteiger partial charge in [-0.15, -0.1) is 11.5 Å². The van der Waals surface area contributed by atoms with Gasteiger partial charge in [0.1, 0.15) is 8.07 Å². The summed E-state index contributed by atoms with van der Waals surface area (Å²) in [5.41, 5.74) is 10.9. The van der Waals surface area contributed by atoms with E-state index in [9.17, 15) is 0 Å². The minimum atomic E-state index is -1.62. The Hall–Kier alpha value is 0.0712. The van der Waals surface area contributed by atoms with Crippen LogP contribution in [0.3, 0.4) is 0 Å². The van der Waals surface area contributed by atoms with E-state index in [-0.39, 0.29) is 18.9 Å². The summed E-state index contributed by atoms with van der Waals surface area (Å²) >= 11 is 0. The molecule has 3 heteroatoms. The summed E-state index contributed by atoms with van der Waals surface area (Å²) in [7, 11) is -3.13. The molecular formula is C19H33LiSi2. The Morgan fingerprint density at radius 1 is 1.00 bits per heavy atom. The summed E-state index contributed by atoms with van der Waals surface area (Å²) in [6, 6.07) is 0. The van der Waals surface area contributed by atoms with Crippen LogP contribution in [0.2, 0.25) is 26.2 Å². The average molecular weight is 325 g/mol. The van der Waals surface area contributed by atoms with Gasteiger partial charge >= 0.3 is 18.9 Å². The second-order valence-corrected chi connectivity index (χ2v) is 15.8. The van der Waals surface area contributed by atoms with Crippen LogP contribution >= 0.6 is 0 Å². The van der Waals surface area contributed by atoms with Gasteiger partial charge < -0.3 is 0 Å². The average Bonchev–Trinajstić information content (AvgIpc) is 2.62. The molecule has 1 rings (SSSR count). The third kappa shape index (κ3) is 5.31. The van der Waals surface area contributed by atoms with Crippen molar-refractivity contribution in [2.75, 3.05) is 0 Å². The van der Waals surface area contributed by atoms with Gasteiger partial charge in [-0.05, 0) is 14.5 Å². The fourth-order valence-corrected chi connectivity index (χ4v) is 14.2. The fourth-order valence-electron chi connectivity index (χ4n) is 3.66. The predicted molar refractivity (Wildman–Crippen MR) is 101 cm³/mol. The minimum absolute atomic E-state index is 0. The van der Waals surface area contributed by atoms with Gasteiger partial charge in [-0.25, -0.2) is 11.1 Å². The summed E-state index contributed by atoms with van der Waals surface area (Å²) in [6.07, 6.45) is 7.14. The first-order valence-corrected chi connectivity index (χ1v) is 14.7. The Bertz CT molecular complexity index is 487. The Kier molecular flexibility index (Phi) is 9.42. The van der Waals surface area contributed by atoms with Gasteiger partial charge in [-0.3, -0.25) is 5.70 Å². The topological polar surface area (TPSA) is 0 Å². The zero-order valence-corrected chi connectivity index (χ0v) is 18.2. The summed E-state index contributed by atoms with van der Waals surface area (Å²) < 4.78 is 0. The number of unbranched alkanes of at least 4 members (excludes halogenated alkanes) is 1. The molecule has 0 aromatic rings. The molecule has 22 heavy (non-hydrogen) atoms. The van der Waals surface area contributed by atoms with Crippen molar-refractivity contribution in [2.45, 2.75) is 85.5 Å². The SMILES string of the molecule is CCCC#C[Si](C)(C)C1=C(CCC)C(CCC)=[C-][Si]1(C)C.[Li+]. The standard InChI is InChI=1S/C19H33Si2.Li/c1-8-11-12-15-20(4,5)19-18(14-10-3)17(13-9-2)16-21(19,6)7;/h8-11,13-14H2,1-7H3;/q-1;+1. The van der Waals surface area contributed by atoms with E-state index in [1.807, 2.05) is 0 Å². The maximum absolute atomic E-state index is 3.96. The summed E-state index contributed by atoms with van der Waals surface area (Å²) in [5, 5.41) is 0. The van der Waals surface area contributed by atoms with Crippen LogP contribution in [-0.2, 0) is 0 Å². The van der Waals surface area contributed by atoms with Crippen molar-refractivity contribution in [3.63, 3.8) is 0 Å². The van der Waals surface area contributed by atoms with E-state index >= 15 is 0 Å². The molecule has 0 amide bonds. The van der Waals surface area contributed by atoms with Gasteiger partial charge in [0.15, 0.2) is 0 Å². The Morgan fingerprint density at radius 3 is 2.09 bits per heavy atom. The van der Waals surface area contributed by atoms with Crippen LogP contribution < -0.4 is 18.9 Å². The zero-order valence-electron chi connectivity index (χ0n) is 16.2. The molecule has 0 spiro atoms. The molecule has 0 saturated heterocycles. The minimum Gasteiger partial charge on any atom is -0.273 e. The molecule has 0 aromatic carbocycles. The van der Waals surface area contributed by atoms with Crippen LogP contribution in [0.5, 0.6) is 0 Å². The van der Waals surface area contributed by atoms with E-state index < -0.39 is 16.1 Å². The molecule has 1 aliphatic heterocycles.